The van der Waals surface area contributed by atoms with Crippen molar-refractivity contribution in [2.75, 3.05) is 11.1 Å². The zero-order valence-corrected chi connectivity index (χ0v) is 12.3. The van der Waals surface area contributed by atoms with E-state index in [1.165, 1.54) is 18.3 Å². The van der Waals surface area contributed by atoms with Gasteiger partial charge in [0, 0.05) is 30.4 Å². The first-order chi connectivity index (χ1) is 10.0. The van der Waals surface area contributed by atoms with Gasteiger partial charge in [0.15, 0.2) is 0 Å². The third-order valence-corrected chi connectivity index (χ3v) is 3.26. The minimum atomic E-state index is -0.275. The molecule has 1 heterocycles. The standard InChI is InChI=1S/C13H11Cl2N5O/c14-8-5-9(15)13(10(17)6-8)19-12(21)1-3-20-4-2-18-11(20)7-16/h2,4-6H,1,3,17H2,(H,19,21). The summed E-state index contributed by atoms with van der Waals surface area (Å²) >= 11 is 11.8. The molecule has 8 heteroatoms. The average Bonchev–Trinajstić information content (AvgIpc) is 2.88. The molecule has 0 fully saturated rings. The largest absolute Gasteiger partial charge is 0.397 e. The second-order valence-electron chi connectivity index (χ2n) is 4.21. The first-order valence-electron chi connectivity index (χ1n) is 5.97. The van der Waals surface area contributed by atoms with Gasteiger partial charge in [-0.15, -0.1) is 0 Å². The van der Waals surface area contributed by atoms with Gasteiger partial charge >= 0.3 is 0 Å². The van der Waals surface area contributed by atoms with Crippen LogP contribution in [0.25, 0.3) is 0 Å². The van der Waals surface area contributed by atoms with Crippen LogP contribution in [0.2, 0.25) is 10.0 Å². The number of amides is 1. The van der Waals surface area contributed by atoms with Crippen LogP contribution in [0.4, 0.5) is 11.4 Å². The number of rotatable bonds is 4. The minimum absolute atomic E-state index is 0.156. The Morgan fingerprint density at radius 2 is 2.24 bits per heavy atom. The molecule has 3 N–H and O–H groups in total. The van der Waals surface area contributed by atoms with Crippen LogP contribution in [-0.2, 0) is 11.3 Å². The predicted molar refractivity (Wildman–Crippen MR) is 81.1 cm³/mol. The number of aryl methyl sites for hydroxylation is 1. The molecule has 0 spiro atoms. The number of carbonyl (C=O) groups is 1. The van der Waals surface area contributed by atoms with Crippen LogP contribution >= 0.6 is 23.2 Å². The summed E-state index contributed by atoms with van der Waals surface area (Å²) in [6, 6.07) is 4.94. The van der Waals surface area contributed by atoms with Crippen molar-refractivity contribution in [3.8, 4) is 6.07 Å². The van der Waals surface area contributed by atoms with Gasteiger partial charge in [-0.05, 0) is 12.1 Å². The molecule has 0 saturated heterocycles. The van der Waals surface area contributed by atoms with E-state index in [0.717, 1.165) is 0 Å². The summed E-state index contributed by atoms with van der Waals surface area (Å²) in [5.41, 5.74) is 6.39. The van der Waals surface area contributed by atoms with Gasteiger partial charge < -0.3 is 15.6 Å². The fourth-order valence-electron chi connectivity index (χ4n) is 1.75. The van der Waals surface area contributed by atoms with Gasteiger partial charge in [0.1, 0.15) is 6.07 Å². The van der Waals surface area contributed by atoms with Crippen LogP contribution in [0.15, 0.2) is 24.5 Å². The third kappa shape index (κ3) is 3.66. The number of carbonyl (C=O) groups excluding carboxylic acids is 1. The zero-order chi connectivity index (χ0) is 15.4. The fourth-order valence-corrected chi connectivity index (χ4v) is 2.31. The molecule has 0 radical (unpaired) electrons. The minimum Gasteiger partial charge on any atom is -0.397 e. The smallest absolute Gasteiger partial charge is 0.226 e. The number of benzene rings is 1. The van der Waals surface area contributed by atoms with E-state index in [4.69, 9.17) is 34.2 Å². The summed E-state index contributed by atoms with van der Waals surface area (Å²) in [6.45, 7) is 0.333. The van der Waals surface area contributed by atoms with E-state index >= 15 is 0 Å². The van der Waals surface area contributed by atoms with Crippen molar-refractivity contribution in [3.63, 3.8) is 0 Å². The Balaban J connectivity index is 2.02. The topological polar surface area (TPSA) is 96.7 Å². The molecule has 0 aliphatic carbocycles. The van der Waals surface area contributed by atoms with Crippen molar-refractivity contribution in [1.82, 2.24) is 9.55 Å². The second-order valence-corrected chi connectivity index (χ2v) is 5.05. The van der Waals surface area contributed by atoms with Gasteiger partial charge in [0.2, 0.25) is 11.7 Å². The molecule has 21 heavy (non-hydrogen) atoms. The number of aromatic nitrogens is 2. The highest BCUT2D eigenvalue weighted by molar-refractivity contribution is 6.37. The van der Waals surface area contributed by atoms with Gasteiger partial charge in [-0.1, -0.05) is 23.2 Å². The van der Waals surface area contributed by atoms with Gasteiger partial charge in [0.05, 0.1) is 16.4 Å². The normalized spacial score (nSPS) is 10.1. The van der Waals surface area contributed by atoms with Crippen molar-refractivity contribution < 1.29 is 4.79 Å². The highest BCUT2D eigenvalue weighted by atomic mass is 35.5. The number of hydrogen-bond acceptors (Lipinski definition) is 4. The van der Waals surface area contributed by atoms with Crippen LogP contribution in [0.1, 0.15) is 12.2 Å². The average molecular weight is 324 g/mol. The number of nitriles is 1. The maximum absolute atomic E-state index is 11.9. The number of nitrogens with zero attached hydrogens (tertiary/aromatic N) is 3. The van der Waals surface area contributed by atoms with Gasteiger partial charge in [-0.2, -0.15) is 5.26 Å². The second kappa shape index (κ2) is 6.48. The van der Waals surface area contributed by atoms with E-state index < -0.39 is 0 Å². The Morgan fingerprint density at radius 1 is 1.48 bits per heavy atom. The lowest BCUT2D eigenvalue weighted by atomic mass is 10.2. The molecule has 2 aromatic rings. The van der Waals surface area contributed by atoms with E-state index in [1.54, 1.807) is 10.8 Å². The molecule has 1 aromatic carbocycles. The molecule has 108 valence electrons. The fraction of sp³-hybridized carbons (Fsp3) is 0.154. The van der Waals surface area contributed by atoms with Crippen LogP contribution < -0.4 is 11.1 Å². The molecular formula is C13H11Cl2N5O. The maximum atomic E-state index is 11.9. The monoisotopic (exact) mass is 323 g/mol. The lowest BCUT2D eigenvalue weighted by Gasteiger charge is -2.11. The Labute approximate surface area is 131 Å². The lowest BCUT2D eigenvalue weighted by molar-refractivity contribution is -0.116. The van der Waals surface area contributed by atoms with E-state index in [1.807, 2.05) is 6.07 Å². The Hall–Kier alpha value is -2.23. The summed E-state index contributed by atoms with van der Waals surface area (Å²) < 4.78 is 1.59. The summed E-state index contributed by atoms with van der Waals surface area (Å²) in [4.78, 5) is 15.8. The van der Waals surface area contributed by atoms with Gasteiger partial charge in [-0.25, -0.2) is 4.98 Å². The molecule has 0 saturated carbocycles. The number of nitrogens with one attached hydrogen (secondary N) is 1. The Kier molecular flexibility index (Phi) is 4.68. The van der Waals surface area contributed by atoms with Crippen LogP contribution in [-0.4, -0.2) is 15.5 Å². The number of nitrogens with two attached hydrogens (primary N) is 1. The molecule has 6 nitrogen and oxygen atoms in total. The zero-order valence-electron chi connectivity index (χ0n) is 10.8. The van der Waals surface area contributed by atoms with E-state index in [2.05, 4.69) is 10.3 Å². The van der Waals surface area contributed by atoms with Crippen molar-refractivity contribution in [2.45, 2.75) is 13.0 Å². The van der Waals surface area contributed by atoms with Crippen molar-refractivity contribution in [3.05, 3.63) is 40.4 Å². The van der Waals surface area contributed by atoms with Crippen molar-refractivity contribution in [2.24, 2.45) is 0 Å². The highest BCUT2D eigenvalue weighted by Gasteiger charge is 2.11. The van der Waals surface area contributed by atoms with Gasteiger partial charge in [-0.3, -0.25) is 4.79 Å². The van der Waals surface area contributed by atoms with E-state index in [9.17, 15) is 4.79 Å². The van der Waals surface area contributed by atoms with Crippen LogP contribution in [0.5, 0.6) is 0 Å². The van der Waals surface area contributed by atoms with Crippen molar-refractivity contribution in [1.29, 1.82) is 5.26 Å². The van der Waals surface area contributed by atoms with E-state index in [0.29, 0.717) is 22.9 Å². The molecule has 0 aliphatic heterocycles. The lowest BCUT2D eigenvalue weighted by Crippen LogP contribution is -2.16. The van der Waals surface area contributed by atoms with Gasteiger partial charge in [0.25, 0.3) is 0 Å². The van der Waals surface area contributed by atoms with Crippen LogP contribution in [0, 0.1) is 11.3 Å². The van der Waals surface area contributed by atoms with Crippen LogP contribution in [0.3, 0.4) is 0 Å². The first kappa shape index (κ1) is 15.2. The quantitative estimate of drug-likeness (QED) is 0.845. The molecule has 1 amide bonds. The number of nitrogen functional groups attached to an aromatic ring is 1. The Morgan fingerprint density at radius 3 is 2.90 bits per heavy atom. The third-order valence-electron chi connectivity index (χ3n) is 2.75. The SMILES string of the molecule is N#Cc1nccn1CCC(=O)Nc1c(N)cc(Cl)cc1Cl. The highest BCUT2D eigenvalue weighted by Crippen LogP contribution is 2.32. The summed E-state index contributed by atoms with van der Waals surface area (Å²) in [5, 5.41) is 12.1. The van der Waals surface area contributed by atoms with E-state index in [-0.39, 0.29) is 23.2 Å². The first-order valence-corrected chi connectivity index (χ1v) is 6.72. The molecule has 0 unspecified atom stereocenters. The number of anilines is 2. The number of imidazole rings is 1. The summed E-state index contributed by atoms with van der Waals surface area (Å²) in [5.74, 6) is -0.0182. The summed E-state index contributed by atoms with van der Waals surface area (Å²) in [6.07, 6.45) is 3.30. The number of halogens is 2. The van der Waals surface area contributed by atoms with Crippen molar-refractivity contribution >= 4 is 40.5 Å². The molecule has 0 bridgehead atoms. The molecule has 0 atom stereocenters. The molecule has 1 aromatic heterocycles. The summed E-state index contributed by atoms with van der Waals surface area (Å²) in [7, 11) is 0. The molecule has 0 aliphatic rings. The number of hydrogen-bond donors (Lipinski definition) is 2. The predicted octanol–water partition coefficient (Wildman–Crippen LogP) is 2.67. The maximum Gasteiger partial charge on any atom is 0.226 e. The Bertz CT molecular complexity index is 697. The molecular weight excluding hydrogens is 313 g/mol. The molecule has 2 rings (SSSR count).